The van der Waals surface area contributed by atoms with Crippen LogP contribution in [0.2, 0.25) is 0 Å². The molecule has 1 atom stereocenters. The van der Waals surface area contributed by atoms with Gasteiger partial charge in [0.1, 0.15) is 0 Å². The van der Waals surface area contributed by atoms with Gasteiger partial charge in [-0.05, 0) is 53.9 Å². The van der Waals surface area contributed by atoms with E-state index in [4.69, 9.17) is 5.41 Å². The number of nitrogens with one attached hydrogen (secondary N) is 2. The standard InChI is InChI=1S/C26H26N2/c1-20(9-6-7-18-27)26(28-2)23-16-14-22(15-17-23)25-13-8-12-24(19-25)21-10-4-3-5-11-21/h3-19,26-28H,1-2H3/b7-6-,20-9+,27-18?. The van der Waals surface area contributed by atoms with Gasteiger partial charge in [-0.2, -0.15) is 0 Å². The predicted octanol–water partition coefficient (Wildman–Crippen LogP) is 6.43. The fourth-order valence-electron chi connectivity index (χ4n) is 3.39. The van der Waals surface area contributed by atoms with Crippen molar-refractivity contribution in [2.75, 3.05) is 7.05 Å². The molecular weight excluding hydrogens is 340 g/mol. The molecule has 0 aliphatic carbocycles. The van der Waals surface area contributed by atoms with Crippen LogP contribution in [-0.4, -0.2) is 13.3 Å². The molecule has 2 N–H and O–H groups in total. The molecule has 3 aromatic rings. The molecule has 0 amide bonds. The van der Waals surface area contributed by atoms with Gasteiger partial charge in [0.2, 0.25) is 0 Å². The van der Waals surface area contributed by atoms with Crippen LogP contribution in [0, 0.1) is 5.41 Å². The molecule has 2 heteroatoms. The average Bonchev–Trinajstić information content (AvgIpc) is 2.76. The summed E-state index contributed by atoms with van der Waals surface area (Å²) in [5, 5.41) is 10.5. The second-order valence-corrected chi connectivity index (χ2v) is 6.75. The molecule has 3 aromatic carbocycles. The quantitative estimate of drug-likeness (QED) is 0.367. The zero-order valence-electron chi connectivity index (χ0n) is 16.4. The van der Waals surface area contributed by atoms with Crippen molar-refractivity contribution in [1.82, 2.24) is 5.32 Å². The number of benzene rings is 3. The van der Waals surface area contributed by atoms with Gasteiger partial charge in [0.05, 0.1) is 6.04 Å². The Morgan fingerprint density at radius 3 is 2.00 bits per heavy atom. The minimum atomic E-state index is 0.153. The molecule has 0 spiro atoms. The summed E-state index contributed by atoms with van der Waals surface area (Å²) in [5.41, 5.74) is 7.32. The summed E-state index contributed by atoms with van der Waals surface area (Å²) >= 11 is 0. The molecule has 0 fully saturated rings. The lowest BCUT2D eigenvalue weighted by Gasteiger charge is -2.18. The fourth-order valence-corrected chi connectivity index (χ4v) is 3.39. The maximum absolute atomic E-state index is 7.08. The van der Waals surface area contributed by atoms with Gasteiger partial charge in [0.15, 0.2) is 0 Å². The number of likely N-dealkylation sites (N-methyl/N-ethyl adjacent to an activating group) is 1. The van der Waals surface area contributed by atoms with Gasteiger partial charge >= 0.3 is 0 Å². The zero-order chi connectivity index (χ0) is 19.8. The third kappa shape index (κ3) is 4.73. The van der Waals surface area contributed by atoms with Gasteiger partial charge in [0.25, 0.3) is 0 Å². The van der Waals surface area contributed by atoms with E-state index in [-0.39, 0.29) is 6.04 Å². The molecule has 0 saturated heterocycles. The molecule has 0 aromatic heterocycles. The maximum Gasteiger partial charge on any atom is 0.0533 e. The van der Waals surface area contributed by atoms with E-state index < -0.39 is 0 Å². The van der Waals surface area contributed by atoms with Crippen LogP contribution < -0.4 is 5.32 Å². The van der Waals surface area contributed by atoms with Crippen LogP contribution >= 0.6 is 0 Å². The van der Waals surface area contributed by atoms with Crippen molar-refractivity contribution < 1.29 is 0 Å². The van der Waals surface area contributed by atoms with Crippen LogP contribution in [0.3, 0.4) is 0 Å². The van der Waals surface area contributed by atoms with E-state index in [0.29, 0.717) is 0 Å². The molecule has 140 valence electrons. The average molecular weight is 367 g/mol. The Morgan fingerprint density at radius 2 is 1.39 bits per heavy atom. The van der Waals surface area contributed by atoms with Crippen molar-refractivity contribution in [3.8, 4) is 22.3 Å². The second-order valence-electron chi connectivity index (χ2n) is 6.75. The summed E-state index contributed by atoms with van der Waals surface area (Å²) < 4.78 is 0. The first-order valence-electron chi connectivity index (χ1n) is 9.50. The van der Waals surface area contributed by atoms with Gasteiger partial charge < -0.3 is 10.7 Å². The highest BCUT2D eigenvalue weighted by Crippen LogP contribution is 2.28. The molecule has 0 heterocycles. The zero-order valence-corrected chi connectivity index (χ0v) is 16.4. The van der Waals surface area contributed by atoms with Crippen LogP contribution in [0.1, 0.15) is 18.5 Å². The predicted molar refractivity (Wildman–Crippen MR) is 121 cm³/mol. The molecule has 0 aliphatic rings. The largest absolute Gasteiger partial charge is 0.310 e. The van der Waals surface area contributed by atoms with Gasteiger partial charge in [-0.1, -0.05) is 90.5 Å². The van der Waals surface area contributed by atoms with E-state index in [1.54, 1.807) is 6.08 Å². The fraction of sp³-hybridized carbons (Fsp3) is 0.115. The minimum absolute atomic E-state index is 0.153. The van der Waals surface area contributed by atoms with E-state index in [9.17, 15) is 0 Å². The molecule has 0 bridgehead atoms. The topological polar surface area (TPSA) is 35.9 Å². The van der Waals surface area contributed by atoms with Crippen molar-refractivity contribution in [3.63, 3.8) is 0 Å². The molecule has 28 heavy (non-hydrogen) atoms. The van der Waals surface area contributed by atoms with E-state index in [0.717, 1.165) is 0 Å². The Bertz CT molecular complexity index is 967. The molecule has 3 rings (SSSR count). The maximum atomic E-state index is 7.08. The highest BCUT2D eigenvalue weighted by atomic mass is 14.9. The third-order valence-corrected chi connectivity index (χ3v) is 4.86. The van der Waals surface area contributed by atoms with Crippen LogP contribution in [0.25, 0.3) is 22.3 Å². The van der Waals surface area contributed by atoms with E-state index in [2.05, 4.69) is 85.0 Å². The highest BCUT2D eigenvalue weighted by Gasteiger charge is 2.11. The first kappa shape index (κ1) is 19.5. The summed E-state index contributed by atoms with van der Waals surface area (Å²) in [6.45, 7) is 2.10. The van der Waals surface area contributed by atoms with Gasteiger partial charge in [-0.3, -0.25) is 0 Å². The minimum Gasteiger partial charge on any atom is -0.310 e. The summed E-state index contributed by atoms with van der Waals surface area (Å²) in [4.78, 5) is 0. The van der Waals surface area contributed by atoms with Crippen molar-refractivity contribution in [2.24, 2.45) is 0 Å². The van der Waals surface area contributed by atoms with Crippen LogP contribution in [0.15, 0.2) is 103 Å². The normalized spacial score (nSPS) is 12.9. The summed E-state index contributed by atoms with van der Waals surface area (Å²) in [6.07, 6.45) is 6.95. The lowest BCUT2D eigenvalue weighted by molar-refractivity contribution is 0.678. The molecule has 1 unspecified atom stereocenters. The molecule has 0 saturated carbocycles. The summed E-state index contributed by atoms with van der Waals surface area (Å²) in [6, 6.07) is 28.0. The Labute approximate surface area is 167 Å². The van der Waals surface area contributed by atoms with Gasteiger partial charge in [-0.25, -0.2) is 0 Å². The number of hydrogen-bond acceptors (Lipinski definition) is 2. The highest BCUT2D eigenvalue weighted by molar-refractivity contribution is 5.73. The smallest absolute Gasteiger partial charge is 0.0533 e. The number of allylic oxidation sites excluding steroid dienone is 3. The number of hydrogen-bond donors (Lipinski definition) is 2. The SMILES string of the molecule is CNC(/C(C)=C/C=C\C=N)c1ccc(-c2cccc(-c3ccccc3)c2)cc1. The van der Waals surface area contributed by atoms with Crippen molar-refractivity contribution >= 4 is 6.21 Å². The Kier molecular flexibility index (Phi) is 6.72. The third-order valence-electron chi connectivity index (χ3n) is 4.86. The molecule has 2 nitrogen and oxygen atoms in total. The first-order chi connectivity index (χ1) is 13.7. The first-order valence-corrected chi connectivity index (χ1v) is 9.50. The Balaban J connectivity index is 1.85. The summed E-state index contributed by atoms with van der Waals surface area (Å²) in [7, 11) is 1.97. The molecule has 0 radical (unpaired) electrons. The summed E-state index contributed by atoms with van der Waals surface area (Å²) in [5.74, 6) is 0. The van der Waals surface area contributed by atoms with E-state index >= 15 is 0 Å². The van der Waals surface area contributed by atoms with E-state index in [1.807, 2.05) is 25.3 Å². The lowest BCUT2D eigenvalue weighted by Crippen LogP contribution is -2.17. The Morgan fingerprint density at radius 1 is 0.786 bits per heavy atom. The Hall–Kier alpha value is -3.23. The van der Waals surface area contributed by atoms with Crippen molar-refractivity contribution in [2.45, 2.75) is 13.0 Å². The van der Waals surface area contributed by atoms with Crippen LogP contribution in [0.4, 0.5) is 0 Å². The van der Waals surface area contributed by atoms with E-state index in [1.165, 1.54) is 39.6 Å². The van der Waals surface area contributed by atoms with Crippen molar-refractivity contribution in [3.05, 3.63) is 108 Å². The molecular formula is C26H26N2. The van der Waals surface area contributed by atoms with Crippen molar-refractivity contribution in [1.29, 1.82) is 5.41 Å². The van der Waals surface area contributed by atoms with Gasteiger partial charge in [-0.15, -0.1) is 0 Å². The van der Waals surface area contributed by atoms with Gasteiger partial charge in [0, 0.05) is 6.21 Å². The lowest BCUT2D eigenvalue weighted by atomic mass is 9.95. The van der Waals surface area contributed by atoms with Crippen LogP contribution in [0.5, 0.6) is 0 Å². The second kappa shape index (κ2) is 9.63. The molecule has 0 aliphatic heterocycles. The van der Waals surface area contributed by atoms with Crippen LogP contribution in [-0.2, 0) is 0 Å². The monoisotopic (exact) mass is 366 g/mol. The number of rotatable bonds is 7.